The van der Waals surface area contributed by atoms with Gasteiger partial charge in [0.2, 0.25) is 0 Å². The number of hydrogen-bond donors (Lipinski definition) is 2. The number of anilines is 2. The van der Waals surface area contributed by atoms with Crippen LogP contribution in [-0.4, -0.2) is 57.2 Å². The van der Waals surface area contributed by atoms with E-state index in [0.29, 0.717) is 41.7 Å². The van der Waals surface area contributed by atoms with Crippen molar-refractivity contribution in [2.45, 2.75) is 95.8 Å². The van der Waals surface area contributed by atoms with E-state index in [0.717, 1.165) is 50.5 Å². The largest absolute Gasteiger partial charge is 0.462 e. The van der Waals surface area contributed by atoms with E-state index in [1.807, 2.05) is 19.1 Å². The molecular formula is C34H43F2N5O3. The molecule has 5 rings (SSSR count). The van der Waals surface area contributed by atoms with Crippen LogP contribution in [0.15, 0.2) is 48.8 Å². The molecule has 0 radical (unpaired) electrons. The van der Waals surface area contributed by atoms with Gasteiger partial charge in [-0.2, -0.15) is 0 Å². The Hall–Kier alpha value is -3.50. The van der Waals surface area contributed by atoms with Crippen LogP contribution in [0.4, 0.5) is 20.4 Å². The van der Waals surface area contributed by atoms with Gasteiger partial charge in [-0.1, -0.05) is 19.3 Å². The Balaban J connectivity index is 1.35. The fraction of sp³-hybridized carbons (Fsp3) is 0.529. The van der Waals surface area contributed by atoms with Crippen molar-refractivity contribution in [3.05, 3.63) is 65.6 Å². The average molecular weight is 608 g/mol. The number of halogens is 2. The summed E-state index contributed by atoms with van der Waals surface area (Å²) >= 11 is 0. The van der Waals surface area contributed by atoms with Gasteiger partial charge in [0.15, 0.2) is 0 Å². The van der Waals surface area contributed by atoms with Crippen molar-refractivity contribution in [1.29, 1.82) is 0 Å². The summed E-state index contributed by atoms with van der Waals surface area (Å²) in [6.45, 7) is 3.61. The van der Waals surface area contributed by atoms with Crippen LogP contribution in [-0.2, 0) is 15.1 Å². The van der Waals surface area contributed by atoms with Gasteiger partial charge in [0.25, 0.3) is 6.43 Å². The third kappa shape index (κ3) is 6.76. The summed E-state index contributed by atoms with van der Waals surface area (Å²) in [7, 11) is 4.17. The molecule has 2 N–H and O–H groups in total. The fourth-order valence-electron chi connectivity index (χ4n) is 6.73. The molecule has 8 nitrogen and oxygen atoms in total. The van der Waals surface area contributed by atoms with Gasteiger partial charge in [-0.3, -0.25) is 9.78 Å². The number of pyridine rings is 3. The molecule has 0 aromatic carbocycles. The van der Waals surface area contributed by atoms with Crippen molar-refractivity contribution in [3.8, 4) is 11.3 Å². The Morgan fingerprint density at radius 1 is 1.05 bits per heavy atom. The summed E-state index contributed by atoms with van der Waals surface area (Å²) in [5, 5.41) is 15.1. The number of ether oxygens (including phenoxy) is 1. The first kappa shape index (κ1) is 31.9. The molecule has 2 aliphatic carbocycles. The van der Waals surface area contributed by atoms with Crippen molar-refractivity contribution in [2.24, 2.45) is 5.41 Å². The highest BCUT2D eigenvalue weighted by Crippen LogP contribution is 2.51. The Morgan fingerprint density at radius 2 is 1.77 bits per heavy atom. The van der Waals surface area contributed by atoms with E-state index in [2.05, 4.69) is 39.3 Å². The number of nitrogens with zero attached hydrogens (tertiary/aromatic N) is 4. The van der Waals surface area contributed by atoms with Gasteiger partial charge in [0.1, 0.15) is 28.8 Å². The van der Waals surface area contributed by atoms with E-state index in [1.54, 1.807) is 25.3 Å². The lowest BCUT2D eigenvalue weighted by Gasteiger charge is -2.46. The predicted molar refractivity (Wildman–Crippen MR) is 166 cm³/mol. The van der Waals surface area contributed by atoms with Crippen molar-refractivity contribution in [2.75, 3.05) is 19.4 Å². The van der Waals surface area contributed by atoms with Crippen molar-refractivity contribution in [1.82, 2.24) is 19.9 Å². The standard InChI is InChI=1S/C34H43F2N5O3/c1-22-18-27(39-30(19-22)40-29-20-23(31(35)36)14-17-37-29)24-8-13-28(38-21-24)33(2,43)34(15-6-5-7-16-34)32(42)44-26-11-9-25(10-12-26)41(3)4/h8,13-14,17-21,25-26,31,43H,5-7,9-12,15-16H2,1-4H3,(H,37,39,40)/t25?,26?,33-/m0/s1. The molecule has 10 heteroatoms. The molecule has 0 spiro atoms. The number of nitrogens with one attached hydrogen (secondary N) is 1. The predicted octanol–water partition coefficient (Wildman–Crippen LogP) is 7.10. The maximum atomic E-state index is 13.9. The molecule has 236 valence electrons. The molecule has 3 aromatic rings. The maximum absolute atomic E-state index is 13.9. The summed E-state index contributed by atoms with van der Waals surface area (Å²) in [6, 6.07) is 10.4. The normalized spacial score (nSPS) is 21.6. The van der Waals surface area contributed by atoms with Crippen LogP contribution in [0.25, 0.3) is 11.3 Å². The number of esters is 1. The van der Waals surface area contributed by atoms with Crippen LogP contribution in [0.1, 0.15) is 88.0 Å². The van der Waals surface area contributed by atoms with Crippen molar-refractivity contribution >= 4 is 17.6 Å². The molecule has 3 aromatic heterocycles. The van der Waals surface area contributed by atoms with Gasteiger partial charge in [-0.25, -0.2) is 18.7 Å². The van der Waals surface area contributed by atoms with E-state index in [9.17, 15) is 18.7 Å². The first-order chi connectivity index (χ1) is 21.0. The van der Waals surface area contributed by atoms with Crippen LogP contribution in [0, 0.1) is 12.3 Å². The SMILES string of the molecule is Cc1cc(Nc2cc(C(F)F)ccn2)nc(-c2ccc([C@](C)(O)C3(C(=O)OC4CCC(N(C)C)CC4)CCCCC3)nc2)c1. The zero-order chi connectivity index (χ0) is 31.5. The second kappa shape index (κ2) is 13.2. The molecule has 0 aliphatic heterocycles. The lowest BCUT2D eigenvalue weighted by molar-refractivity contribution is -0.189. The van der Waals surface area contributed by atoms with E-state index < -0.39 is 17.4 Å². The molecule has 3 heterocycles. The second-order valence-corrected chi connectivity index (χ2v) is 12.8. The fourth-order valence-corrected chi connectivity index (χ4v) is 6.73. The summed E-state index contributed by atoms with van der Waals surface area (Å²) in [6.07, 6.45) is 7.67. The number of alkyl halides is 2. The minimum Gasteiger partial charge on any atom is -0.462 e. The van der Waals surface area contributed by atoms with Crippen molar-refractivity contribution in [3.63, 3.8) is 0 Å². The lowest BCUT2D eigenvalue weighted by atomic mass is 9.62. The van der Waals surface area contributed by atoms with Gasteiger partial charge >= 0.3 is 5.97 Å². The Bertz CT molecular complexity index is 1430. The zero-order valence-corrected chi connectivity index (χ0v) is 26.0. The number of aryl methyl sites for hydroxylation is 1. The summed E-state index contributed by atoms with van der Waals surface area (Å²) in [5.41, 5.74) is -0.0786. The molecule has 0 amide bonds. The molecule has 2 aliphatic rings. The van der Waals surface area contributed by atoms with Gasteiger partial charge in [0.05, 0.1) is 11.4 Å². The summed E-state index contributed by atoms with van der Waals surface area (Å²) < 4.78 is 32.5. The quantitative estimate of drug-likeness (QED) is 0.249. The monoisotopic (exact) mass is 607 g/mol. The molecule has 0 saturated heterocycles. The third-order valence-corrected chi connectivity index (χ3v) is 9.50. The molecule has 0 bridgehead atoms. The van der Waals surface area contributed by atoms with Gasteiger partial charge in [0, 0.05) is 29.6 Å². The molecule has 0 unspecified atom stereocenters. The molecule has 1 atom stereocenters. The topological polar surface area (TPSA) is 100 Å². The number of hydrogen-bond acceptors (Lipinski definition) is 8. The first-order valence-corrected chi connectivity index (χ1v) is 15.5. The number of carbonyl (C=O) groups excluding carboxylic acids is 1. The molecule has 2 fully saturated rings. The van der Waals surface area contributed by atoms with Gasteiger partial charge < -0.3 is 20.1 Å². The lowest BCUT2D eigenvalue weighted by Crippen LogP contribution is -2.52. The van der Waals surface area contributed by atoms with Crippen LogP contribution >= 0.6 is 0 Å². The Kier molecular flexibility index (Phi) is 9.60. The number of carbonyl (C=O) groups is 1. The molecule has 2 saturated carbocycles. The van der Waals surface area contributed by atoms with E-state index in [-0.39, 0.29) is 23.5 Å². The summed E-state index contributed by atoms with van der Waals surface area (Å²) in [5.74, 6) is 0.409. The smallest absolute Gasteiger partial charge is 0.315 e. The second-order valence-electron chi connectivity index (χ2n) is 12.8. The minimum atomic E-state index is -2.60. The van der Waals surface area contributed by atoms with Gasteiger partial charge in [-0.15, -0.1) is 0 Å². The van der Waals surface area contributed by atoms with Crippen molar-refractivity contribution < 1.29 is 23.4 Å². The number of aromatic nitrogens is 3. The maximum Gasteiger partial charge on any atom is 0.315 e. The Labute approximate surface area is 258 Å². The minimum absolute atomic E-state index is 0.126. The highest BCUT2D eigenvalue weighted by Gasteiger charge is 2.56. The number of aliphatic hydroxyl groups is 1. The van der Waals surface area contributed by atoms with Crippen LogP contribution in [0.5, 0.6) is 0 Å². The van der Waals surface area contributed by atoms with E-state index in [1.165, 1.54) is 18.3 Å². The van der Waals surface area contributed by atoms with E-state index >= 15 is 0 Å². The molecular weight excluding hydrogens is 564 g/mol. The average Bonchev–Trinajstić information content (AvgIpc) is 3.01. The first-order valence-electron chi connectivity index (χ1n) is 15.5. The summed E-state index contributed by atoms with van der Waals surface area (Å²) in [4.78, 5) is 29.6. The van der Waals surface area contributed by atoms with E-state index in [4.69, 9.17) is 4.74 Å². The highest BCUT2D eigenvalue weighted by molar-refractivity contribution is 5.79. The molecule has 44 heavy (non-hydrogen) atoms. The Morgan fingerprint density at radius 3 is 2.41 bits per heavy atom. The van der Waals surface area contributed by atoms with Crippen LogP contribution in [0.3, 0.4) is 0 Å². The van der Waals surface area contributed by atoms with Crippen LogP contribution < -0.4 is 5.32 Å². The number of rotatable bonds is 9. The third-order valence-electron chi connectivity index (χ3n) is 9.50. The highest BCUT2D eigenvalue weighted by atomic mass is 19.3. The zero-order valence-electron chi connectivity index (χ0n) is 26.0. The van der Waals surface area contributed by atoms with Gasteiger partial charge in [-0.05, 0) is 108 Å². The van der Waals surface area contributed by atoms with Crippen LogP contribution in [0.2, 0.25) is 0 Å².